The Kier molecular flexibility index (Phi) is 6.58. The van der Waals surface area contributed by atoms with E-state index in [9.17, 15) is 9.59 Å². The van der Waals surface area contributed by atoms with E-state index in [2.05, 4.69) is 10.6 Å². The third-order valence-electron chi connectivity index (χ3n) is 2.90. The molecule has 2 aromatic carbocycles. The van der Waals surface area contributed by atoms with E-state index in [0.29, 0.717) is 5.75 Å². The quantitative estimate of drug-likeness (QED) is 0.667. The van der Waals surface area contributed by atoms with Crippen LogP contribution in [0.5, 0.6) is 5.75 Å². The largest absolute Gasteiger partial charge is 0.484 e. The molecule has 0 unspecified atom stereocenters. The number of carbonyl (C=O) groups excluding carboxylic acids is 1. The van der Waals surface area contributed by atoms with Gasteiger partial charge in [0, 0.05) is 0 Å². The van der Waals surface area contributed by atoms with Gasteiger partial charge in [-0.2, -0.15) is 0 Å². The number of ether oxygens (including phenoxy) is 1. The van der Waals surface area contributed by atoms with Crippen molar-refractivity contribution in [3.05, 3.63) is 58.1 Å². The number of aromatic carboxylic acids is 1. The molecule has 9 heteroatoms. The third kappa shape index (κ3) is 5.60. The number of carbonyl (C=O) groups is 2. The van der Waals surface area contributed by atoms with Crippen LogP contribution in [-0.2, 0) is 4.79 Å². The topological polar surface area (TPSA) is 87.7 Å². The smallest absolute Gasteiger partial charge is 0.337 e. The van der Waals surface area contributed by atoms with Crippen LogP contribution >= 0.6 is 35.4 Å². The number of carboxylic acid groups (broad SMARTS) is 1. The van der Waals surface area contributed by atoms with Gasteiger partial charge in [0.2, 0.25) is 0 Å². The van der Waals surface area contributed by atoms with Crippen LogP contribution in [0.3, 0.4) is 0 Å². The summed E-state index contributed by atoms with van der Waals surface area (Å²) in [7, 11) is 0. The van der Waals surface area contributed by atoms with Gasteiger partial charge in [0.05, 0.1) is 21.3 Å². The minimum absolute atomic E-state index is 0.00531. The molecule has 0 fully saturated rings. The fourth-order valence-electron chi connectivity index (χ4n) is 1.79. The van der Waals surface area contributed by atoms with Crippen molar-refractivity contribution in [3.8, 4) is 5.75 Å². The van der Waals surface area contributed by atoms with Crippen LogP contribution in [0.25, 0.3) is 0 Å². The summed E-state index contributed by atoms with van der Waals surface area (Å²) in [6.45, 7) is -0.236. The number of carboxylic acids is 1. The van der Waals surface area contributed by atoms with E-state index >= 15 is 0 Å². The molecule has 0 heterocycles. The Hall–Kier alpha value is -2.35. The van der Waals surface area contributed by atoms with Crippen molar-refractivity contribution >= 4 is 58.1 Å². The Morgan fingerprint density at radius 1 is 1.12 bits per heavy atom. The summed E-state index contributed by atoms with van der Waals surface area (Å²) in [5, 5.41) is 14.2. The Balaban J connectivity index is 1.94. The number of rotatable bonds is 5. The zero-order chi connectivity index (χ0) is 18.4. The molecular formula is C16H12Cl2N2O4S. The number of benzene rings is 2. The van der Waals surface area contributed by atoms with Gasteiger partial charge in [0.25, 0.3) is 5.91 Å². The first-order chi connectivity index (χ1) is 11.9. The fraction of sp³-hybridized carbons (Fsp3) is 0.0625. The molecule has 0 radical (unpaired) electrons. The van der Waals surface area contributed by atoms with Crippen LogP contribution in [0, 0.1) is 0 Å². The SMILES string of the molecule is O=C(COc1ccccc1)NC(=S)Nc1cc(C(=O)O)c(Cl)cc1Cl. The molecule has 6 nitrogen and oxygen atoms in total. The number of halogens is 2. The van der Waals surface area contributed by atoms with E-state index < -0.39 is 11.9 Å². The van der Waals surface area contributed by atoms with Crippen LogP contribution in [-0.4, -0.2) is 28.7 Å². The zero-order valence-corrected chi connectivity index (χ0v) is 14.9. The van der Waals surface area contributed by atoms with Gasteiger partial charge in [-0.05, 0) is 36.5 Å². The van der Waals surface area contributed by atoms with Crippen molar-refractivity contribution in [3.63, 3.8) is 0 Å². The van der Waals surface area contributed by atoms with Gasteiger partial charge in [0.15, 0.2) is 11.7 Å². The van der Waals surface area contributed by atoms with E-state index in [1.807, 2.05) is 6.07 Å². The average Bonchev–Trinajstić information content (AvgIpc) is 2.56. The molecule has 0 aromatic heterocycles. The first-order valence-electron chi connectivity index (χ1n) is 6.88. The van der Waals surface area contributed by atoms with Crippen molar-refractivity contribution in [2.24, 2.45) is 0 Å². The lowest BCUT2D eigenvalue weighted by Crippen LogP contribution is -2.37. The maximum absolute atomic E-state index is 11.8. The van der Waals surface area contributed by atoms with Crippen molar-refractivity contribution in [1.82, 2.24) is 5.32 Å². The summed E-state index contributed by atoms with van der Waals surface area (Å²) >= 11 is 16.8. The normalized spacial score (nSPS) is 10.0. The number of hydrogen-bond donors (Lipinski definition) is 3. The summed E-state index contributed by atoms with van der Waals surface area (Å²) in [6, 6.07) is 11.3. The number of anilines is 1. The third-order valence-corrected chi connectivity index (χ3v) is 3.73. The maximum atomic E-state index is 11.8. The summed E-state index contributed by atoms with van der Waals surface area (Å²) in [5.74, 6) is -1.15. The van der Waals surface area contributed by atoms with Crippen molar-refractivity contribution in [2.45, 2.75) is 0 Å². The van der Waals surface area contributed by atoms with Crippen LogP contribution < -0.4 is 15.4 Å². The molecule has 130 valence electrons. The van der Waals surface area contributed by atoms with E-state index in [1.165, 1.54) is 12.1 Å². The van der Waals surface area contributed by atoms with Gasteiger partial charge in [-0.3, -0.25) is 10.1 Å². The molecule has 0 spiro atoms. The van der Waals surface area contributed by atoms with E-state index in [1.54, 1.807) is 24.3 Å². The molecule has 0 saturated heterocycles. The average molecular weight is 399 g/mol. The Labute approximate surface area is 158 Å². The molecule has 25 heavy (non-hydrogen) atoms. The monoisotopic (exact) mass is 398 g/mol. The summed E-state index contributed by atoms with van der Waals surface area (Å²) in [5.41, 5.74) is 0.0628. The standard InChI is InChI=1S/C16H12Cl2N2O4S/c17-11-7-12(18)13(6-10(11)15(22)23)19-16(25)20-14(21)8-24-9-4-2-1-3-5-9/h1-7H,8H2,(H,22,23)(H2,19,20,21,25). The van der Waals surface area contributed by atoms with Crippen LogP contribution in [0.4, 0.5) is 5.69 Å². The Morgan fingerprint density at radius 2 is 1.80 bits per heavy atom. The van der Waals surface area contributed by atoms with E-state index in [4.69, 9.17) is 45.3 Å². The van der Waals surface area contributed by atoms with Gasteiger partial charge in [-0.1, -0.05) is 41.4 Å². The Morgan fingerprint density at radius 3 is 2.44 bits per heavy atom. The Bertz CT molecular complexity index is 815. The molecule has 0 aliphatic rings. The molecule has 2 aromatic rings. The molecular weight excluding hydrogens is 387 g/mol. The second-order valence-electron chi connectivity index (χ2n) is 4.72. The van der Waals surface area contributed by atoms with Gasteiger partial charge >= 0.3 is 5.97 Å². The summed E-state index contributed by atoms with van der Waals surface area (Å²) in [4.78, 5) is 22.9. The molecule has 3 N–H and O–H groups in total. The molecule has 0 aliphatic heterocycles. The molecule has 0 bridgehead atoms. The minimum atomic E-state index is -1.21. The lowest BCUT2D eigenvalue weighted by atomic mass is 10.2. The first-order valence-corrected chi connectivity index (χ1v) is 8.04. The molecule has 0 saturated carbocycles. The van der Waals surface area contributed by atoms with Crippen molar-refractivity contribution in [1.29, 1.82) is 0 Å². The number of nitrogens with one attached hydrogen (secondary N) is 2. The van der Waals surface area contributed by atoms with Crippen molar-refractivity contribution in [2.75, 3.05) is 11.9 Å². The second kappa shape index (κ2) is 8.66. The second-order valence-corrected chi connectivity index (χ2v) is 5.94. The highest BCUT2D eigenvalue weighted by molar-refractivity contribution is 7.80. The summed E-state index contributed by atoms with van der Waals surface area (Å²) < 4.78 is 5.29. The molecule has 2 rings (SSSR count). The number of amides is 1. The molecule has 0 atom stereocenters. The minimum Gasteiger partial charge on any atom is -0.484 e. The van der Waals surface area contributed by atoms with Crippen molar-refractivity contribution < 1.29 is 19.4 Å². The number of thiocarbonyl (C=S) groups is 1. The molecule has 1 amide bonds. The fourth-order valence-corrected chi connectivity index (χ4v) is 2.53. The van der Waals surface area contributed by atoms with Gasteiger partial charge in [-0.15, -0.1) is 0 Å². The van der Waals surface area contributed by atoms with Gasteiger partial charge < -0.3 is 15.2 Å². The lowest BCUT2D eigenvalue weighted by Gasteiger charge is -2.12. The lowest BCUT2D eigenvalue weighted by molar-refractivity contribution is -0.121. The highest BCUT2D eigenvalue weighted by Crippen LogP contribution is 2.29. The van der Waals surface area contributed by atoms with Gasteiger partial charge in [0.1, 0.15) is 5.75 Å². The van der Waals surface area contributed by atoms with Crippen LogP contribution in [0.2, 0.25) is 10.0 Å². The van der Waals surface area contributed by atoms with E-state index in [-0.39, 0.29) is 33.0 Å². The van der Waals surface area contributed by atoms with E-state index in [0.717, 1.165) is 0 Å². The predicted molar refractivity (Wildman–Crippen MR) is 99.7 cm³/mol. The highest BCUT2D eigenvalue weighted by Gasteiger charge is 2.14. The van der Waals surface area contributed by atoms with Crippen LogP contribution in [0.1, 0.15) is 10.4 Å². The zero-order valence-electron chi connectivity index (χ0n) is 12.6. The van der Waals surface area contributed by atoms with Gasteiger partial charge in [-0.25, -0.2) is 4.79 Å². The molecule has 0 aliphatic carbocycles. The maximum Gasteiger partial charge on any atom is 0.337 e. The summed E-state index contributed by atoms with van der Waals surface area (Å²) in [6.07, 6.45) is 0. The highest BCUT2D eigenvalue weighted by atomic mass is 35.5. The first kappa shape index (κ1) is 19.0. The number of hydrogen-bond acceptors (Lipinski definition) is 4. The van der Waals surface area contributed by atoms with Crippen LogP contribution in [0.15, 0.2) is 42.5 Å². The predicted octanol–water partition coefficient (Wildman–Crippen LogP) is 3.58. The number of para-hydroxylation sites is 1.